The molecule has 0 unspecified atom stereocenters. The van der Waals surface area contributed by atoms with Gasteiger partial charge in [0.15, 0.2) is 11.6 Å². The fourth-order valence-corrected chi connectivity index (χ4v) is 1.16. The summed E-state index contributed by atoms with van der Waals surface area (Å²) in [6, 6.07) is 0.381. The van der Waals surface area contributed by atoms with Gasteiger partial charge in [-0.3, -0.25) is 4.79 Å². The highest BCUT2D eigenvalue weighted by Gasteiger charge is 2.17. The number of anilines is 2. The van der Waals surface area contributed by atoms with E-state index in [1.165, 1.54) is 6.92 Å². The molecule has 0 aliphatic heterocycles. The summed E-state index contributed by atoms with van der Waals surface area (Å²) < 4.78 is 25.7. The van der Waals surface area contributed by atoms with Crippen molar-refractivity contribution in [2.24, 2.45) is 0 Å². The Kier molecular flexibility index (Phi) is 4.03. The van der Waals surface area contributed by atoms with Gasteiger partial charge in [0.05, 0.1) is 11.4 Å². The summed E-state index contributed by atoms with van der Waals surface area (Å²) in [5, 5.41) is 12.5. The second kappa shape index (κ2) is 5.30. The third kappa shape index (κ3) is 3.30. The van der Waals surface area contributed by atoms with Crippen LogP contribution in [0.2, 0.25) is 0 Å². The number of carboxylic acid groups (broad SMARTS) is 1. The van der Waals surface area contributed by atoms with E-state index in [4.69, 9.17) is 10.8 Å². The van der Waals surface area contributed by atoms with Gasteiger partial charge in [0.2, 0.25) is 5.91 Å². The number of amides is 2. The molecular formula is C10H11F2N3O3. The zero-order valence-electron chi connectivity index (χ0n) is 9.33. The lowest BCUT2D eigenvalue weighted by Crippen LogP contribution is -2.40. The van der Waals surface area contributed by atoms with E-state index in [-0.39, 0.29) is 11.4 Å². The highest BCUT2D eigenvalue weighted by atomic mass is 19.2. The molecule has 18 heavy (non-hydrogen) atoms. The van der Waals surface area contributed by atoms with Crippen molar-refractivity contribution in [2.45, 2.75) is 13.0 Å². The first kappa shape index (κ1) is 13.7. The zero-order valence-corrected chi connectivity index (χ0v) is 9.33. The predicted molar refractivity (Wildman–Crippen MR) is 60.0 cm³/mol. The molecule has 98 valence electrons. The van der Waals surface area contributed by atoms with Gasteiger partial charge in [-0.15, -0.1) is 0 Å². The number of rotatable bonds is 3. The maximum atomic E-state index is 12.9. The molecular weight excluding hydrogens is 248 g/mol. The van der Waals surface area contributed by atoms with Crippen molar-refractivity contribution in [1.29, 1.82) is 0 Å². The molecule has 1 aromatic carbocycles. The van der Waals surface area contributed by atoms with Crippen molar-refractivity contribution in [2.75, 3.05) is 11.1 Å². The van der Waals surface area contributed by atoms with Crippen molar-refractivity contribution in [1.82, 2.24) is 5.32 Å². The van der Waals surface area contributed by atoms with Crippen LogP contribution in [0.1, 0.15) is 6.92 Å². The number of carbonyl (C=O) groups is 2. The summed E-state index contributed by atoms with van der Waals surface area (Å²) in [6.07, 6.45) is -1.38. The van der Waals surface area contributed by atoms with E-state index in [1.807, 2.05) is 5.32 Å². The first-order chi connectivity index (χ1) is 8.31. The largest absolute Gasteiger partial charge is 0.465 e. The Morgan fingerprint density at radius 3 is 2.44 bits per heavy atom. The van der Waals surface area contributed by atoms with Crippen molar-refractivity contribution < 1.29 is 23.5 Å². The van der Waals surface area contributed by atoms with Crippen molar-refractivity contribution >= 4 is 23.4 Å². The van der Waals surface area contributed by atoms with Crippen LogP contribution in [0.4, 0.5) is 25.0 Å². The molecule has 1 rings (SSSR count). The SMILES string of the molecule is C[C@H](NC(=O)O)C(=O)Nc1cc(F)c(F)cc1N. The Balaban J connectivity index is 2.82. The van der Waals surface area contributed by atoms with Gasteiger partial charge in [-0.2, -0.15) is 0 Å². The Morgan fingerprint density at radius 1 is 1.33 bits per heavy atom. The number of carbonyl (C=O) groups excluding carboxylic acids is 1. The van der Waals surface area contributed by atoms with Gasteiger partial charge in [-0.1, -0.05) is 0 Å². The van der Waals surface area contributed by atoms with Crippen molar-refractivity contribution in [3.63, 3.8) is 0 Å². The van der Waals surface area contributed by atoms with Crippen LogP contribution in [0.15, 0.2) is 12.1 Å². The highest BCUT2D eigenvalue weighted by Crippen LogP contribution is 2.22. The average Bonchev–Trinajstić information content (AvgIpc) is 2.24. The molecule has 0 heterocycles. The minimum atomic E-state index is -1.38. The van der Waals surface area contributed by atoms with Crippen LogP contribution in [0.25, 0.3) is 0 Å². The van der Waals surface area contributed by atoms with Crippen LogP contribution in [-0.2, 0) is 4.79 Å². The summed E-state index contributed by atoms with van der Waals surface area (Å²) in [4.78, 5) is 21.8. The van der Waals surface area contributed by atoms with Crippen LogP contribution >= 0.6 is 0 Å². The minimum Gasteiger partial charge on any atom is -0.465 e. The molecule has 0 bridgehead atoms. The predicted octanol–water partition coefficient (Wildman–Crippen LogP) is 1.14. The Bertz CT molecular complexity index is 494. The smallest absolute Gasteiger partial charge is 0.405 e. The second-order valence-corrected chi connectivity index (χ2v) is 3.51. The van der Waals surface area contributed by atoms with Crippen LogP contribution in [0, 0.1) is 11.6 Å². The van der Waals surface area contributed by atoms with E-state index >= 15 is 0 Å². The molecule has 0 radical (unpaired) electrons. The lowest BCUT2D eigenvalue weighted by atomic mass is 10.2. The van der Waals surface area contributed by atoms with E-state index in [2.05, 4.69) is 5.32 Å². The number of hydrogen-bond donors (Lipinski definition) is 4. The molecule has 0 saturated carbocycles. The molecule has 1 aromatic rings. The Labute approximate surface area is 101 Å². The number of nitrogens with one attached hydrogen (secondary N) is 2. The minimum absolute atomic E-state index is 0.127. The van der Waals surface area contributed by atoms with E-state index in [1.54, 1.807) is 0 Å². The highest BCUT2D eigenvalue weighted by molar-refractivity contribution is 5.98. The van der Waals surface area contributed by atoms with Crippen molar-refractivity contribution in [3.8, 4) is 0 Å². The maximum Gasteiger partial charge on any atom is 0.405 e. The molecule has 0 fully saturated rings. The van der Waals surface area contributed by atoms with Crippen molar-refractivity contribution in [3.05, 3.63) is 23.8 Å². The second-order valence-electron chi connectivity index (χ2n) is 3.51. The molecule has 0 spiro atoms. The molecule has 8 heteroatoms. The summed E-state index contributed by atoms with van der Waals surface area (Å²) in [5.74, 6) is -3.05. The van der Waals surface area contributed by atoms with E-state index < -0.39 is 29.7 Å². The standard InChI is InChI=1S/C10H11F2N3O3/c1-4(14-10(17)18)9(16)15-8-3-6(12)5(11)2-7(8)13/h2-4,14H,13H2,1H3,(H,15,16)(H,17,18)/t4-/m0/s1. The number of nitrogen functional groups attached to an aromatic ring is 1. The van der Waals surface area contributed by atoms with Gasteiger partial charge in [0.1, 0.15) is 6.04 Å². The molecule has 0 aliphatic carbocycles. The summed E-state index contributed by atoms with van der Waals surface area (Å²) in [5.41, 5.74) is 5.09. The molecule has 5 N–H and O–H groups in total. The third-order valence-corrected chi connectivity index (χ3v) is 2.08. The third-order valence-electron chi connectivity index (χ3n) is 2.08. The molecule has 1 atom stereocenters. The number of nitrogens with two attached hydrogens (primary N) is 1. The van der Waals surface area contributed by atoms with E-state index in [0.29, 0.717) is 0 Å². The first-order valence-electron chi connectivity index (χ1n) is 4.86. The topological polar surface area (TPSA) is 104 Å². The Morgan fingerprint density at radius 2 is 1.89 bits per heavy atom. The number of hydrogen-bond acceptors (Lipinski definition) is 3. The molecule has 2 amide bonds. The fourth-order valence-electron chi connectivity index (χ4n) is 1.16. The van der Waals surface area contributed by atoms with Gasteiger partial charge in [-0.25, -0.2) is 13.6 Å². The monoisotopic (exact) mass is 259 g/mol. The summed E-state index contributed by atoms with van der Waals surface area (Å²) in [7, 11) is 0. The quantitative estimate of drug-likeness (QED) is 0.611. The van der Waals surface area contributed by atoms with Crippen LogP contribution < -0.4 is 16.4 Å². The zero-order chi connectivity index (χ0) is 13.9. The van der Waals surface area contributed by atoms with Crippen LogP contribution in [0.3, 0.4) is 0 Å². The van der Waals surface area contributed by atoms with E-state index in [0.717, 1.165) is 12.1 Å². The maximum absolute atomic E-state index is 12.9. The van der Waals surface area contributed by atoms with Gasteiger partial charge >= 0.3 is 6.09 Å². The van der Waals surface area contributed by atoms with Crippen LogP contribution in [0.5, 0.6) is 0 Å². The molecule has 0 aromatic heterocycles. The fraction of sp³-hybridized carbons (Fsp3) is 0.200. The lowest BCUT2D eigenvalue weighted by Gasteiger charge is -2.13. The summed E-state index contributed by atoms with van der Waals surface area (Å²) >= 11 is 0. The van der Waals surface area contributed by atoms with Crippen LogP contribution in [-0.4, -0.2) is 23.1 Å². The average molecular weight is 259 g/mol. The Hall–Kier alpha value is -2.38. The summed E-state index contributed by atoms with van der Waals surface area (Å²) in [6.45, 7) is 1.29. The van der Waals surface area contributed by atoms with E-state index in [9.17, 15) is 18.4 Å². The molecule has 6 nitrogen and oxygen atoms in total. The van der Waals surface area contributed by atoms with Gasteiger partial charge in [0.25, 0.3) is 0 Å². The normalized spacial score (nSPS) is 11.7. The molecule has 0 saturated heterocycles. The van der Waals surface area contributed by atoms with Gasteiger partial charge in [-0.05, 0) is 6.92 Å². The lowest BCUT2D eigenvalue weighted by molar-refractivity contribution is -0.117. The van der Waals surface area contributed by atoms with Gasteiger partial charge in [0, 0.05) is 12.1 Å². The first-order valence-corrected chi connectivity index (χ1v) is 4.86. The number of halogens is 2. The van der Waals surface area contributed by atoms with Gasteiger partial charge < -0.3 is 21.5 Å². The molecule has 0 aliphatic rings. The number of benzene rings is 1.